The minimum atomic E-state index is -0.311. The van der Waals surface area contributed by atoms with Crippen LogP contribution in [0.1, 0.15) is 12.7 Å². The van der Waals surface area contributed by atoms with E-state index in [1.165, 1.54) is 18.5 Å². The quantitative estimate of drug-likeness (QED) is 0.792. The molecule has 2 aromatic rings. The molecule has 0 bridgehead atoms. The van der Waals surface area contributed by atoms with Gasteiger partial charge in [0.1, 0.15) is 24.5 Å². The molecular weight excluding hydrogens is 209 g/mol. The number of halogens is 1. The number of hydrogen-bond donors (Lipinski definition) is 0. The summed E-state index contributed by atoms with van der Waals surface area (Å²) in [5.41, 5.74) is 0. The zero-order valence-electron chi connectivity index (χ0n) is 8.93. The fourth-order valence-electron chi connectivity index (χ4n) is 1.37. The van der Waals surface area contributed by atoms with Crippen LogP contribution in [0.3, 0.4) is 0 Å². The van der Waals surface area contributed by atoms with Crippen LogP contribution in [-0.2, 0) is 13.2 Å². The van der Waals surface area contributed by atoms with Crippen molar-refractivity contribution in [2.45, 2.75) is 20.1 Å². The highest BCUT2D eigenvalue weighted by molar-refractivity contribution is 5.22. The third-order valence-electron chi connectivity index (χ3n) is 2.16. The standard InChI is InChI=1S/C11H12FN3O/c1-2-15-11(13-8-14-15)7-16-10-5-3-4-9(12)6-10/h3-6,8H,2,7H2,1H3. The van der Waals surface area contributed by atoms with Crippen molar-refractivity contribution in [3.8, 4) is 5.75 Å². The van der Waals surface area contributed by atoms with E-state index in [4.69, 9.17) is 4.74 Å². The molecule has 0 aliphatic carbocycles. The number of ether oxygens (including phenoxy) is 1. The van der Waals surface area contributed by atoms with Crippen molar-refractivity contribution in [2.24, 2.45) is 0 Å². The SMILES string of the molecule is CCn1ncnc1COc1cccc(F)c1. The van der Waals surface area contributed by atoms with Crippen molar-refractivity contribution in [3.63, 3.8) is 0 Å². The third-order valence-corrected chi connectivity index (χ3v) is 2.16. The van der Waals surface area contributed by atoms with Gasteiger partial charge in [0.25, 0.3) is 0 Å². The average Bonchev–Trinajstić information content (AvgIpc) is 2.74. The first-order valence-corrected chi connectivity index (χ1v) is 5.04. The maximum atomic E-state index is 12.9. The van der Waals surface area contributed by atoms with Gasteiger partial charge in [-0.15, -0.1) is 0 Å². The topological polar surface area (TPSA) is 39.9 Å². The molecule has 5 heteroatoms. The lowest BCUT2D eigenvalue weighted by Crippen LogP contribution is -2.07. The molecule has 0 aliphatic heterocycles. The molecule has 0 aliphatic rings. The highest BCUT2D eigenvalue weighted by atomic mass is 19.1. The highest BCUT2D eigenvalue weighted by Gasteiger charge is 2.03. The van der Waals surface area contributed by atoms with Crippen LogP contribution in [-0.4, -0.2) is 14.8 Å². The van der Waals surface area contributed by atoms with Crippen LogP contribution in [0.2, 0.25) is 0 Å². The minimum Gasteiger partial charge on any atom is -0.486 e. The molecule has 0 fully saturated rings. The summed E-state index contributed by atoms with van der Waals surface area (Å²) in [6.07, 6.45) is 1.48. The molecule has 0 radical (unpaired) electrons. The van der Waals surface area contributed by atoms with Gasteiger partial charge in [0.05, 0.1) is 0 Å². The Morgan fingerprint density at radius 1 is 1.44 bits per heavy atom. The predicted molar refractivity (Wildman–Crippen MR) is 56.4 cm³/mol. The van der Waals surface area contributed by atoms with Gasteiger partial charge in [-0.2, -0.15) is 5.10 Å². The van der Waals surface area contributed by atoms with E-state index in [2.05, 4.69) is 10.1 Å². The molecule has 1 aromatic heterocycles. The van der Waals surface area contributed by atoms with E-state index in [1.54, 1.807) is 16.8 Å². The molecule has 0 saturated carbocycles. The Kier molecular flexibility index (Phi) is 3.14. The summed E-state index contributed by atoms with van der Waals surface area (Å²) in [5, 5.41) is 4.02. The van der Waals surface area contributed by atoms with Crippen LogP contribution >= 0.6 is 0 Å². The smallest absolute Gasteiger partial charge is 0.164 e. The summed E-state index contributed by atoms with van der Waals surface area (Å²) >= 11 is 0. The number of hydrogen-bond acceptors (Lipinski definition) is 3. The fourth-order valence-corrected chi connectivity index (χ4v) is 1.37. The summed E-state index contributed by atoms with van der Waals surface area (Å²) in [4.78, 5) is 4.06. The van der Waals surface area contributed by atoms with Gasteiger partial charge in [-0.3, -0.25) is 0 Å². The van der Waals surface area contributed by atoms with E-state index < -0.39 is 0 Å². The number of nitrogens with zero attached hydrogens (tertiary/aromatic N) is 3. The largest absolute Gasteiger partial charge is 0.486 e. The Morgan fingerprint density at radius 3 is 3.06 bits per heavy atom. The van der Waals surface area contributed by atoms with Gasteiger partial charge >= 0.3 is 0 Å². The molecule has 16 heavy (non-hydrogen) atoms. The summed E-state index contributed by atoms with van der Waals surface area (Å²) < 4.78 is 20.0. The molecule has 0 N–H and O–H groups in total. The Balaban J connectivity index is 2.02. The number of benzene rings is 1. The summed E-state index contributed by atoms with van der Waals surface area (Å²) in [6, 6.07) is 6.03. The van der Waals surface area contributed by atoms with Gasteiger partial charge in [-0.25, -0.2) is 14.1 Å². The molecule has 4 nitrogen and oxygen atoms in total. The minimum absolute atomic E-state index is 0.289. The van der Waals surface area contributed by atoms with Crippen molar-refractivity contribution in [1.29, 1.82) is 0 Å². The second kappa shape index (κ2) is 4.74. The predicted octanol–water partition coefficient (Wildman–Crippen LogP) is 2.02. The maximum Gasteiger partial charge on any atom is 0.164 e. The number of aryl methyl sites for hydroxylation is 1. The van der Waals surface area contributed by atoms with Gasteiger partial charge in [0.2, 0.25) is 0 Å². The lowest BCUT2D eigenvalue weighted by molar-refractivity contribution is 0.286. The van der Waals surface area contributed by atoms with Crippen molar-refractivity contribution in [1.82, 2.24) is 14.8 Å². The normalized spacial score (nSPS) is 10.4. The van der Waals surface area contributed by atoms with Crippen molar-refractivity contribution in [3.05, 3.63) is 42.2 Å². The number of aromatic nitrogens is 3. The summed E-state index contributed by atoms with van der Waals surface area (Å²) in [6.45, 7) is 3.00. The zero-order valence-corrected chi connectivity index (χ0v) is 8.93. The first-order chi connectivity index (χ1) is 7.79. The second-order valence-corrected chi connectivity index (χ2v) is 3.24. The third kappa shape index (κ3) is 2.36. The Hall–Kier alpha value is -1.91. The molecule has 0 unspecified atom stereocenters. The second-order valence-electron chi connectivity index (χ2n) is 3.24. The lowest BCUT2D eigenvalue weighted by atomic mass is 10.3. The Bertz CT molecular complexity index is 470. The molecule has 1 heterocycles. The van der Waals surface area contributed by atoms with E-state index in [0.717, 1.165) is 12.4 Å². The first-order valence-electron chi connectivity index (χ1n) is 5.04. The van der Waals surface area contributed by atoms with E-state index in [0.29, 0.717) is 5.75 Å². The molecular formula is C11H12FN3O. The molecule has 0 atom stereocenters. The van der Waals surface area contributed by atoms with Crippen molar-refractivity contribution < 1.29 is 9.13 Å². The van der Waals surface area contributed by atoms with Gasteiger partial charge in [-0.1, -0.05) is 6.07 Å². The average molecular weight is 221 g/mol. The van der Waals surface area contributed by atoms with Crippen molar-refractivity contribution >= 4 is 0 Å². The van der Waals surface area contributed by atoms with Crippen LogP contribution in [0.4, 0.5) is 4.39 Å². The molecule has 0 saturated heterocycles. The molecule has 1 aromatic carbocycles. The summed E-state index contributed by atoms with van der Waals surface area (Å²) in [7, 11) is 0. The highest BCUT2D eigenvalue weighted by Crippen LogP contribution is 2.13. The lowest BCUT2D eigenvalue weighted by Gasteiger charge is -2.06. The van der Waals surface area contributed by atoms with Crippen LogP contribution < -0.4 is 4.74 Å². The van der Waals surface area contributed by atoms with Gasteiger partial charge in [0, 0.05) is 12.6 Å². The summed E-state index contributed by atoms with van der Waals surface area (Å²) in [5.74, 6) is 0.909. The molecule has 0 spiro atoms. The van der Waals surface area contributed by atoms with E-state index in [9.17, 15) is 4.39 Å². The fraction of sp³-hybridized carbons (Fsp3) is 0.273. The molecule has 84 valence electrons. The number of rotatable bonds is 4. The van der Waals surface area contributed by atoms with Gasteiger partial charge in [-0.05, 0) is 19.1 Å². The maximum absolute atomic E-state index is 12.9. The molecule has 2 rings (SSSR count). The Morgan fingerprint density at radius 2 is 2.31 bits per heavy atom. The van der Waals surface area contributed by atoms with Crippen LogP contribution in [0.25, 0.3) is 0 Å². The van der Waals surface area contributed by atoms with Crippen LogP contribution in [0, 0.1) is 5.82 Å². The monoisotopic (exact) mass is 221 g/mol. The van der Waals surface area contributed by atoms with E-state index >= 15 is 0 Å². The van der Waals surface area contributed by atoms with E-state index in [-0.39, 0.29) is 12.4 Å². The molecule has 0 amide bonds. The van der Waals surface area contributed by atoms with Crippen LogP contribution in [0.5, 0.6) is 5.75 Å². The van der Waals surface area contributed by atoms with Crippen LogP contribution in [0.15, 0.2) is 30.6 Å². The van der Waals surface area contributed by atoms with Gasteiger partial charge in [0.15, 0.2) is 5.82 Å². The first kappa shape index (κ1) is 10.6. The van der Waals surface area contributed by atoms with E-state index in [1.807, 2.05) is 6.92 Å². The Labute approximate surface area is 92.7 Å². The van der Waals surface area contributed by atoms with Gasteiger partial charge < -0.3 is 4.74 Å². The van der Waals surface area contributed by atoms with Crippen molar-refractivity contribution in [2.75, 3.05) is 0 Å². The zero-order chi connectivity index (χ0) is 11.4.